The maximum atomic E-state index is 4.20. The standard InChI is InChI=1S/C35H34N2/c1-3-15-27(16-4-1)35-36-33(31-23-11-17-25-13-7-9-21-29(25)31)34(37(35)28-19-5-2-6-20-28)32-24-12-18-26-14-8-10-22-30(26)32/h1,3-4,7-18,21-24,28,33-36H,2,5-6,19-20H2. The van der Waals surface area contributed by atoms with E-state index in [1.54, 1.807) is 0 Å². The topological polar surface area (TPSA) is 15.3 Å². The van der Waals surface area contributed by atoms with E-state index in [0.29, 0.717) is 6.04 Å². The predicted octanol–water partition coefficient (Wildman–Crippen LogP) is 8.71. The van der Waals surface area contributed by atoms with Gasteiger partial charge in [0.2, 0.25) is 0 Å². The van der Waals surface area contributed by atoms with Gasteiger partial charge >= 0.3 is 0 Å². The van der Waals surface area contributed by atoms with Crippen molar-refractivity contribution in [3.05, 3.63) is 132 Å². The van der Waals surface area contributed by atoms with Crippen molar-refractivity contribution >= 4 is 21.5 Å². The molecule has 2 heteroatoms. The van der Waals surface area contributed by atoms with Gasteiger partial charge in [-0.1, -0.05) is 135 Å². The molecule has 2 nitrogen and oxygen atoms in total. The molecule has 0 amide bonds. The van der Waals surface area contributed by atoms with Gasteiger partial charge in [-0.3, -0.25) is 10.2 Å². The second-order valence-corrected chi connectivity index (χ2v) is 10.8. The Morgan fingerprint density at radius 2 is 1.11 bits per heavy atom. The Morgan fingerprint density at radius 1 is 0.541 bits per heavy atom. The number of nitrogens with zero attached hydrogens (tertiary/aromatic N) is 1. The van der Waals surface area contributed by atoms with Crippen molar-refractivity contribution in [2.24, 2.45) is 0 Å². The first kappa shape index (κ1) is 22.7. The smallest absolute Gasteiger partial charge is 0.0874 e. The average molecular weight is 483 g/mol. The summed E-state index contributed by atoms with van der Waals surface area (Å²) < 4.78 is 0. The van der Waals surface area contributed by atoms with Crippen LogP contribution in [0.1, 0.15) is 67.0 Å². The molecule has 0 bridgehead atoms. The van der Waals surface area contributed by atoms with Gasteiger partial charge < -0.3 is 0 Å². The van der Waals surface area contributed by atoms with E-state index in [2.05, 4.69) is 125 Å². The highest BCUT2D eigenvalue weighted by molar-refractivity contribution is 5.88. The van der Waals surface area contributed by atoms with Crippen LogP contribution in [0.2, 0.25) is 0 Å². The lowest BCUT2D eigenvalue weighted by atomic mass is 9.86. The van der Waals surface area contributed by atoms with E-state index in [9.17, 15) is 0 Å². The van der Waals surface area contributed by atoms with Crippen molar-refractivity contribution < 1.29 is 0 Å². The Kier molecular flexibility index (Phi) is 6.00. The number of rotatable bonds is 4. The SMILES string of the molecule is c1ccc(C2NC(c3cccc4ccccc34)C(c3cccc4ccccc34)N2C2CCCCC2)cc1. The molecule has 1 saturated heterocycles. The summed E-state index contributed by atoms with van der Waals surface area (Å²) in [5.74, 6) is 0. The molecular weight excluding hydrogens is 448 g/mol. The Labute approximate surface area is 219 Å². The number of hydrogen-bond acceptors (Lipinski definition) is 2. The molecule has 1 heterocycles. The monoisotopic (exact) mass is 482 g/mol. The summed E-state index contributed by atoms with van der Waals surface area (Å²) in [7, 11) is 0. The summed E-state index contributed by atoms with van der Waals surface area (Å²) in [6, 6.07) is 43.6. The number of hydrogen-bond donors (Lipinski definition) is 1. The molecule has 0 spiro atoms. The molecule has 3 atom stereocenters. The summed E-state index contributed by atoms with van der Waals surface area (Å²) in [5.41, 5.74) is 4.20. The lowest BCUT2D eigenvalue weighted by Crippen LogP contribution is -2.39. The van der Waals surface area contributed by atoms with Crippen LogP contribution in [0.4, 0.5) is 0 Å². The minimum atomic E-state index is 0.178. The molecule has 2 fully saturated rings. The van der Waals surface area contributed by atoms with Crippen LogP contribution in [0.3, 0.4) is 0 Å². The maximum absolute atomic E-state index is 4.20. The molecule has 5 aromatic rings. The summed E-state index contributed by atoms with van der Waals surface area (Å²) in [6.07, 6.45) is 6.73. The number of fused-ring (bicyclic) bond motifs is 2. The van der Waals surface area contributed by atoms with Crippen LogP contribution in [0, 0.1) is 0 Å². The second kappa shape index (κ2) is 9.78. The summed E-state index contributed by atoms with van der Waals surface area (Å²) in [6.45, 7) is 0. The van der Waals surface area contributed by atoms with E-state index in [1.165, 1.54) is 70.3 Å². The summed E-state index contributed by atoms with van der Waals surface area (Å²) in [4.78, 5) is 2.86. The minimum absolute atomic E-state index is 0.178. The number of benzene rings is 5. The molecule has 37 heavy (non-hydrogen) atoms. The molecule has 1 aliphatic heterocycles. The van der Waals surface area contributed by atoms with Crippen molar-refractivity contribution in [1.29, 1.82) is 0 Å². The molecule has 0 radical (unpaired) electrons. The molecule has 7 rings (SSSR count). The van der Waals surface area contributed by atoms with Crippen molar-refractivity contribution in [3.63, 3.8) is 0 Å². The Bertz CT molecular complexity index is 1510. The fourth-order valence-electron chi connectivity index (χ4n) is 7.03. The first-order valence-corrected chi connectivity index (χ1v) is 13.9. The molecule has 0 aromatic heterocycles. The van der Waals surface area contributed by atoms with E-state index in [0.717, 1.165) is 0 Å². The van der Waals surface area contributed by atoms with Crippen LogP contribution >= 0.6 is 0 Å². The molecule has 1 N–H and O–H groups in total. The highest BCUT2D eigenvalue weighted by Gasteiger charge is 2.46. The lowest BCUT2D eigenvalue weighted by molar-refractivity contribution is 0.0922. The normalized spacial score (nSPS) is 23.1. The van der Waals surface area contributed by atoms with Crippen molar-refractivity contribution in [1.82, 2.24) is 10.2 Å². The van der Waals surface area contributed by atoms with Crippen molar-refractivity contribution in [2.45, 2.75) is 56.4 Å². The zero-order valence-corrected chi connectivity index (χ0v) is 21.3. The third-order valence-corrected chi connectivity index (χ3v) is 8.68. The fraction of sp³-hybridized carbons (Fsp3) is 0.257. The molecule has 5 aromatic carbocycles. The highest BCUT2D eigenvalue weighted by Crippen LogP contribution is 2.51. The van der Waals surface area contributed by atoms with Crippen LogP contribution in [0.25, 0.3) is 21.5 Å². The molecule has 1 saturated carbocycles. The third-order valence-electron chi connectivity index (χ3n) is 8.68. The maximum Gasteiger partial charge on any atom is 0.0874 e. The Morgan fingerprint density at radius 3 is 1.81 bits per heavy atom. The van der Waals surface area contributed by atoms with E-state index >= 15 is 0 Å². The van der Waals surface area contributed by atoms with Crippen LogP contribution in [-0.4, -0.2) is 10.9 Å². The van der Waals surface area contributed by atoms with E-state index in [1.807, 2.05) is 0 Å². The fourth-order valence-corrected chi connectivity index (χ4v) is 7.03. The first-order chi connectivity index (χ1) is 18.4. The largest absolute Gasteiger partial charge is 0.289 e. The summed E-state index contributed by atoms with van der Waals surface area (Å²) in [5, 5.41) is 9.56. The van der Waals surface area contributed by atoms with Gasteiger partial charge in [-0.05, 0) is 51.1 Å². The third kappa shape index (κ3) is 4.05. The van der Waals surface area contributed by atoms with Crippen LogP contribution in [-0.2, 0) is 0 Å². The molecule has 1 aliphatic carbocycles. The zero-order valence-electron chi connectivity index (χ0n) is 21.3. The lowest BCUT2D eigenvalue weighted by Gasteiger charge is -2.40. The van der Waals surface area contributed by atoms with Crippen molar-refractivity contribution in [3.8, 4) is 0 Å². The van der Waals surface area contributed by atoms with Gasteiger partial charge in [0.25, 0.3) is 0 Å². The van der Waals surface area contributed by atoms with E-state index < -0.39 is 0 Å². The first-order valence-electron chi connectivity index (χ1n) is 13.9. The molecule has 3 unspecified atom stereocenters. The van der Waals surface area contributed by atoms with Gasteiger partial charge in [0.05, 0.1) is 18.2 Å². The van der Waals surface area contributed by atoms with Crippen LogP contribution < -0.4 is 5.32 Å². The Balaban J connectivity index is 1.47. The molecule has 2 aliphatic rings. The molecular formula is C35H34N2. The Hall–Kier alpha value is -3.46. The number of nitrogens with one attached hydrogen (secondary N) is 1. The minimum Gasteiger partial charge on any atom is -0.289 e. The van der Waals surface area contributed by atoms with Gasteiger partial charge in [0, 0.05) is 6.04 Å². The predicted molar refractivity (Wildman–Crippen MR) is 154 cm³/mol. The van der Waals surface area contributed by atoms with Gasteiger partial charge in [-0.2, -0.15) is 0 Å². The zero-order chi connectivity index (χ0) is 24.6. The van der Waals surface area contributed by atoms with Gasteiger partial charge in [-0.15, -0.1) is 0 Å². The molecule has 184 valence electrons. The average Bonchev–Trinajstić information content (AvgIpc) is 3.38. The highest BCUT2D eigenvalue weighted by atomic mass is 15.4. The van der Waals surface area contributed by atoms with Gasteiger partial charge in [-0.25, -0.2) is 0 Å². The van der Waals surface area contributed by atoms with Crippen LogP contribution in [0.15, 0.2) is 115 Å². The van der Waals surface area contributed by atoms with Crippen LogP contribution in [0.5, 0.6) is 0 Å². The van der Waals surface area contributed by atoms with Gasteiger partial charge in [0.15, 0.2) is 0 Å². The van der Waals surface area contributed by atoms with E-state index in [-0.39, 0.29) is 18.2 Å². The quantitative estimate of drug-likeness (QED) is 0.275. The van der Waals surface area contributed by atoms with Crippen molar-refractivity contribution in [2.75, 3.05) is 0 Å². The summed E-state index contributed by atoms with van der Waals surface area (Å²) >= 11 is 0. The second-order valence-electron chi connectivity index (χ2n) is 10.8. The van der Waals surface area contributed by atoms with Gasteiger partial charge in [0.1, 0.15) is 0 Å². The van der Waals surface area contributed by atoms with E-state index in [4.69, 9.17) is 0 Å².